The van der Waals surface area contributed by atoms with Gasteiger partial charge in [0, 0.05) is 43.2 Å². The number of amides is 3. The maximum atomic E-state index is 13.3. The number of imide groups is 1. The number of benzene rings is 1. The van der Waals surface area contributed by atoms with Gasteiger partial charge in [0.1, 0.15) is 0 Å². The van der Waals surface area contributed by atoms with Crippen molar-refractivity contribution >= 4 is 23.4 Å². The number of unbranched alkanes of at least 4 members (excludes halogenated alkanes) is 2. The molecule has 2 fully saturated rings. The first-order valence-electron chi connectivity index (χ1n) is 12.3. The van der Waals surface area contributed by atoms with E-state index in [1.54, 1.807) is 0 Å². The lowest BCUT2D eigenvalue weighted by Gasteiger charge is -2.34. The fourth-order valence-electron chi connectivity index (χ4n) is 4.81. The Bertz CT molecular complexity index is 1130. The number of hydrogen-bond donors (Lipinski definition) is 0. The van der Waals surface area contributed by atoms with Gasteiger partial charge in [0.2, 0.25) is 5.91 Å². The maximum absolute atomic E-state index is 13.3. The van der Waals surface area contributed by atoms with Crippen molar-refractivity contribution < 1.29 is 27.6 Å². The third-order valence-corrected chi connectivity index (χ3v) is 7.14. The zero-order valence-corrected chi connectivity index (χ0v) is 20.2. The second kappa shape index (κ2) is 10.4. The topological polar surface area (TPSA) is 84.7 Å². The molecule has 2 aliphatic heterocycles. The zero-order chi connectivity index (χ0) is 26.0. The van der Waals surface area contributed by atoms with E-state index in [0.717, 1.165) is 69.4 Å². The van der Waals surface area contributed by atoms with Crippen molar-refractivity contribution in [3.63, 3.8) is 0 Å². The SMILES string of the molecule is CC1=C(CCCCCN2CCN(C(=O)C3CC3)CC2)C(=O)N(c2ccc(C#N)c(C(F)(F)F)c2)C1=O. The predicted octanol–water partition coefficient (Wildman–Crippen LogP) is 3.88. The minimum absolute atomic E-state index is 0.190. The molecule has 1 saturated heterocycles. The van der Waals surface area contributed by atoms with Crippen LogP contribution in [0.25, 0.3) is 0 Å². The molecule has 1 aliphatic carbocycles. The largest absolute Gasteiger partial charge is 0.417 e. The molecule has 0 spiro atoms. The number of nitrogens with zero attached hydrogens (tertiary/aromatic N) is 4. The van der Waals surface area contributed by atoms with Crippen LogP contribution in [-0.4, -0.2) is 60.2 Å². The summed E-state index contributed by atoms with van der Waals surface area (Å²) in [6.07, 6.45) is 0.0665. The zero-order valence-electron chi connectivity index (χ0n) is 20.2. The first kappa shape index (κ1) is 25.9. The van der Waals surface area contributed by atoms with Gasteiger partial charge in [-0.25, -0.2) is 4.90 Å². The summed E-state index contributed by atoms with van der Waals surface area (Å²) >= 11 is 0. The minimum Gasteiger partial charge on any atom is -0.340 e. The lowest BCUT2D eigenvalue weighted by molar-refractivity contribution is -0.138. The number of carbonyl (C=O) groups is 3. The van der Waals surface area contributed by atoms with Gasteiger partial charge in [0.25, 0.3) is 11.8 Å². The molecule has 0 N–H and O–H groups in total. The molecule has 3 aliphatic rings. The summed E-state index contributed by atoms with van der Waals surface area (Å²) in [5.41, 5.74) is -1.36. The van der Waals surface area contributed by atoms with Crippen molar-refractivity contribution in [1.82, 2.24) is 9.80 Å². The Hall–Kier alpha value is -3.19. The second-order valence-electron chi connectivity index (χ2n) is 9.64. The van der Waals surface area contributed by atoms with Gasteiger partial charge in [0.15, 0.2) is 0 Å². The normalized spacial score (nSPS) is 19.3. The highest BCUT2D eigenvalue weighted by atomic mass is 19.4. The van der Waals surface area contributed by atoms with E-state index in [9.17, 15) is 27.6 Å². The van der Waals surface area contributed by atoms with Crippen molar-refractivity contribution in [3.05, 3.63) is 40.5 Å². The Morgan fingerprint density at radius 3 is 2.36 bits per heavy atom. The monoisotopic (exact) mass is 502 g/mol. The van der Waals surface area contributed by atoms with Crippen LogP contribution in [0.1, 0.15) is 56.6 Å². The molecule has 0 unspecified atom stereocenters. The Kier molecular flexibility index (Phi) is 7.50. The first-order chi connectivity index (χ1) is 17.1. The Morgan fingerprint density at radius 1 is 1.06 bits per heavy atom. The molecule has 0 atom stereocenters. The van der Waals surface area contributed by atoms with E-state index >= 15 is 0 Å². The lowest BCUT2D eigenvalue weighted by atomic mass is 10.0. The molecule has 7 nitrogen and oxygen atoms in total. The highest BCUT2D eigenvalue weighted by Gasteiger charge is 2.39. The fraction of sp³-hybridized carbons (Fsp3) is 0.538. The van der Waals surface area contributed by atoms with Gasteiger partial charge >= 0.3 is 6.18 Å². The lowest BCUT2D eigenvalue weighted by Crippen LogP contribution is -2.49. The summed E-state index contributed by atoms with van der Waals surface area (Å²) < 4.78 is 40.0. The fourth-order valence-corrected chi connectivity index (χ4v) is 4.81. The molecular weight excluding hydrogens is 473 g/mol. The molecular formula is C26H29F3N4O3. The molecule has 36 heavy (non-hydrogen) atoms. The molecule has 192 valence electrons. The van der Waals surface area contributed by atoms with E-state index in [-0.39, 0.29) is 17.2 Å². The Balaban J connectivity index is 1.27. The highest BCUT2D eigenvalue weighted by molar-refractivity contribution is 6.32. The predicted molar refractivity (Wildman–Crippen MR) is 126 cm³/mol. The Labute approximate surface area is 208 Å². The third-order valence-electron chi connectivity index (χ3n) is 7.14. The van der Waals surface area contributed by atoms with Crippen LogP contribution >= 0.6 is 0 Å². The molecule has 1 aromatic carbocycles. The molecule has 0 aromatic heterocycles. The Morgan fingerprint density at radius 2 is 1.75 bits per heavy atom. The van der Waals surface area contributed by atoms with Crippen LogP contribution in [0.2, 0.25) is 0 Å². The van der Waals surface area contributed by atoms with E-state index in [2.05, 4.69) is 4.90 Å². The van der Waals surface area contributed by atoms with Gasteiger partial charge < -0.3 is 4.90 Å². The van der Waals surface area contributed by atoms with Crippen LogP contribution in [0, 0.1) is 17.2 Å². The van der Waals surface area contributed by atoms with Gasteiger partial charge in [-0.15, -0.1) is 0 Å². The average molecular weight is 503 g/mol. The number of piperazine rings is 1. The van der Waals surface area contributed by atoms with E-state index in [0.29, 0.717) is 30.4 Å². The summed E-state index contributed by atoms with van der Waals surface area (Å²) in [6, 6.07) is 4.35. The van der Waals surface area contributed by atoms with Crippen molar-refractivity contribution in [1.29, 1.82) is 5.26 Å². The standard InChI is InChI=1S/C26H29F3N4O3/c1-17-21(5-3-2-4-10-31-11-13-32(14-12-31)24(35)18-6-7-18)25(36)33(23(17)34)20-9-8-19(16-30)22(15-20)26(27,28)29/h8-9,15,18H,2-7,10-14H2,1H3. The first-order valence-corrected chi connectivity index (χ1v) is 12.3. The molecule has 4 rings (SSSR count). The number of alkyl halides is 3. The van der Waals surface area contributed by atoms with E-state index in [1.165, 1.54) is 19.1 Å². The van der Waals surface area contributed by atoms with E-state index in [4.69, 9.17) is 5.26 Å². The molecule has 0 radical (unpaired) electrons. The molecule has 3 amide bonds. The van der Waals surface area contributed by atoms with E-state index < -0.39 is 29.1 Å². The molecule has 1 saturated carbocycles. The highest BCUT2D eigenvalue weighted by Crippen LogP contribution is 2.37. The van der Waals surface area contributed by atoms with Crippen molar-refractivity contribution in [2.75, 3.05) is 37.6 Å². The van der Waals surface area contributed by atoms with Crippen LogP contribution < -0.4 is 4.90 Å². The summed E-state index contributed by atoms with van der Waals surface area (Å²) in [6.45, 7) is 5.66. The number of carbonyl (C=O) groups excluding carboxylic acids is 3. The molecule has 2 heterocycles. The van der Waals surface area contributed by atoms with Crippen LogP contribution in [0.4, 0.5) is 18.9 Å². The maximum Gasteiger partial charge on any atom is 0.417 e. The number of rotatable bonds is 8. The van der Waals surface area contributed by atoms with Crippen molar-refractivity contribution in [2.24, 2.45) is 5.92 Å². The summed E-state index contributed by atoms with van der Waals surface area (Å²) in [4.78, 5) is 42.9. The second-order valence-corrected chi connectivity index (χ2v) is 9.64. The smallest absolute Gasteiger partial charge is 0.340 e. The van der Waals surface area contributed by atoms with Gasteiger partial charge in [-0.2, -0.15) is 18.4 Å². The molecule has 10 heteroatoms. The summed E-state index contributed by atoms with van der Waals surface area (Å²) in [5, 5.41) is 8.98. The van der Waals surface area contributed by atoms with Crippen molar-refractivity contribution in [3.8, 4) is 6.07 Å². The van der Waals surface area contributed by atoms with Gasteiger partial charge in [0.05, 0.1) is 22.9 Å². The molecule has 0 bridgehead atoms. The summed E-state index contributed by atoms with van der Waals surface area (Å²) in [5.74, 6) is -0.698. The van der Waals surface area contributed by atoms with Crippen LogP contribution in [0.15, 0.2) is 29.3 Å². The number of hydrogen-bond acceptors (Lipinski definition) is 5. The van der Waals surface area contributed by atoms with Crippen LogP contribution in [-0.2, 0) is 20.6 Å². The van der Waals surface area contributed by atoms with Gasteiger partial charge in [-0.3, -0.25) is 19.3 Å². The number of nitriles is 1. The van der Waals surface area contributed by atoms with Crippen molar-refractivity contribution in [2.45, 2.75) is 51.6 Å². The number of anilines is 1. The quantitative estimate of drug-likeness (QED) is 0.398. The van der Waals surface area contributed by atoms with Gasteiger partial charge in [-0.05, 0) is 63.8 Å². The van der Waals surface area contributed by atoms with Crippen LogP contribution in [0.5, 0.6) is 0 Å². The van der Waals surface area contributed by atoms with E-state index in [1.807, 2.05) is 4.90 Å². The third kappa shape index (κ3) is 5.46. The number of halogens is 3. The minimum atomic E-state index is -4.78. The molecule has 1 aromatic rings. The van der Waals surface area contributed by atoms with Gasteiger partial charge in [-0.1, -0.05) is 6.42 Å². The average Bonchev–Trinajstić information content (AvgIpc) is 3.68. The van der Waals surface area contributed by atoms with Crippen LogP contribution in [0.3, 0.4) is 0 Å². The summed E-state index contributed by atoms with van der Waals surface area (Å²) in [7, 11) is 0.